The number of ether oxygens (including phenoxy) is 1. The Morgan fingerprint density at radius 1 is 1.07 bits per heavy atom. The van der Waals surface area contributed by atoms with Gasteiger partial charge in [0.15, 0.2) is 6.61 Å². The van der Waals surface area contributed by atoms with Crippen LogP contribution in [0.2, 0.25) is 0 Å². The molecule has 0 saturated carbocycles. The van der Waals surface area contributed by atoms with Crippen LogP contribution in [0.1, 0.15) is 29.5 Å². The summed E-state index contributed by atoms with van der Waals surface area (Å²) in [7, 11) is 0. The van der Waals surface area contributed by atoms with Gasteiger partial charge in [-0.1, -0.05) is 30.3 Å². The second kappa shape index (κ2) is 8.74. The first-order valence-electron chi connectivity index (χ1n) is 10.5. The molecule has 30 heavy (non-hydrogen) atoms. The molecule has 0 radical (unpaired) electrons. The maximum atomic E-state index is 12.6. The fourth-order valence-electron chi connectivity index (χ4n) is 4.09. The van der Waals surface area contributed by atoms with Gasteiger partial charge in [0.1, 0.15) is 11.3 Å². The van der Waals surface area contributed by atoms with Crippen molar-refractivity contribution in [1.29, 1.82) is 0 Å². The van der Waals surface area contributed by atoms with Gasteiger partial charge in [-0.05, 0) is 62.3 Å². The average molecular weight is 405 g/mol. The summed E-state index contributed by atoms with van der Waals surface area (Å²) in [5, 5.41) is 0.881. The molecule has 156 valence electrons. The van der Waals surface area contributed by atoms with Crippen molar-refractivity contribution in [3.63, 3.8) is 0 Å². The number of carbonyl (C=O) groups excluding carboxylic acids is 1. The number of hydrogen-bond acceptors (Lipinski definition) is 4. The lowest BCUT2D eigenvalue weighted by atomic mass is 9.90. The Kier molecular flexibility index (Phi) is 5.88. The van der Waals surface area contributed by atoms with E-state index in [1.807, 2.05) is 30.0 Å². The van der Waals surface area contributed by atoms with Crippen LogP contribution in [-0.2, 0) is 11.2 Å². The lowest BCUT2D eigenvalue weighted by molar-refractivity contribution is -0.134. The van der Waals surface area contributed by atoms with Crippen molar-refractivity contribution in [2.75, 3.05) is 19.7 Å². The van der Waals surface area contributed by atoms with Gasteiger partial charge in [0, 0.05) is 30.1 Å². The second-order valence-corrected chi connectivity index (χ2v) is 8.10. The Balaban J connectivity index is 1.32. The minimum absolute atomic E-state index is 0.00482. The zero-order valence-electron chi connectivity index (χ0n) is 17.5. The van der Waals surface area contributed by atoms with Crippen LogP contribution >= 0.6 is 0 Å². The molecule has 2 aromatic carbocycles. The number of piperidine rings is 1. The fraction of sp³-hybridized carbons (Fsp3) is 0.360. The van der Waals surface area contributed by atoms with E-state index in [0.29, 0.717) is 22.8 Å². The van der Waals surface area contributed by atoms with E-state index >= 15 is 0 Å². The Morgan fingerprint density at radius 2 is 1.80 bits per heavy atom. The molecule has 4 rings (SSSR count). The number of benzene rings is 2. The van der Waals surface area contributed by atoms with Crippen LogP contribution in [0.4, 0.5) is 0 Å². The second-order valence-electron chi connectivity index (χ2n) is 8.10. The first kappa shape index (κ1) is 20.2. The summed E-state index contributed by atoms with van der Waals surface area (Å²) in [4.78, 5) is 26.4. The number of amides is 1. The van der Waals surface area contributed by atoms with E-state index in [9.17, 15) is 9.59 Å². The molecule has 1 saturated heterocycles. The van der Waals surface area contributed by atoms with Crippen LogP contribution in [0.5, 0.6) is 5.75 Å². The quantitative estimate of drug-likeness (QED) is 0.595. The maximum absolute atomic E-state index is 12.6. The number of likely N-dealkylation sites (tertiary alicyclic amines) is 1. The molecule has 5 heteroatoms. The van der Waals surface area contributed by atoms with E-state index in [0.717, 1.165) is 43.3 Å². The molecule has 5 nitrogen and oxygen atoms in total. The van der Waals surface area contributed by atoms with Gasteiger partial charge in [0.2, 0.25) is 0 Å². The molecular formula is C25H27NO4. The van der Waals surface area contributed by atoms with E-state index < -0.39 is 0 Å². The number of nitrogens with zero attached hydrogens (tertiary/aromatic N) is 1. The Morgan fingerprint density at radius 3 is 2.53 bits per heavy atom. The maximum Gasteiger partial charge on any atom is 0.339 e. The Labute approximate surface area is 176 Å². The zero-order valence-corrected chi connectivity index (χ0v) is 17.5. The standard InChI is InChI=1S/C25H27NO4/c1-17-18(2)25(28)30-23-15-21(8-9-22(17)23)29-16-24(27)26-12-10-20(11-13-26)14-19-6-4-3-5-7-19/h3-9,15,20H,10-14,16H2,1-2H3. The third kappa shape index (κ3) is 4.40. The lowest BCUT2D eigenvalue weighted by Crippen LogP contribution is -2.41. The highest BCUT2D eigenvalue weighted by atomic mass is 16.5. The van der Waals surface area contributed by atoms with Crippen LogP contribution < -0.4 is 10.4 Å². The highest BCUT2D eigenvalue weighted by Crippen LogP contribution is 2.25. The van der Waals surface area contributed by atoms with Crippen molar-refractivity contribution in [3.05, 3.63) is 75.6 Å². The van der Waals surface area contributed by atoms with Gasteiger partial charge in [-0.25, -0.2) is 4.79 Å². The van der Waals surface area contributed by atoms with Gasteiger partial charge in [0.05, 0.1) is 0 Å². The molecule has 0 aliphatic carbocycles. The van der Waals surface area contributed by atoms with Crippen molar-refractivity contribution < 1.29 is 13.9 Å². The summed E-state index contributed by atoms with van der Waals surface area (Å²) in [6.07, 6.45) is 3.10. The first-order chi connectivity index (χ1) is 14.5. The highest BCUT2D eigenvalue weighted by Gasteiger charge is 2.23. The smallest absolute Gasteiger partial charge is 0.339 e. The van der Waals surface area contributed by atoms with E-state index in [2.05, 4.69) is 24.3 Å². The number of hydrogen-bond donors (Lipinski definition) is 0. The van der Waals surface area contributed by atoms with Gasteiger partial charge in [-0.15, -0.1) is 0 Å². The molecule has 0 bridgehead atoms. The Bertz CT molecular complexity index is 1100. The molecule has 3 aromatic rings. The minimum Gasteiger partial charge on any atom is -0.484 e. The lowest BCUT2D eigenvalue weighted by Gasteiger charge is -2.32. The molecule has 0 atom stereocenters. The van der Waals surface area contributed by atoms with E-state index in [1.54, 1.807) is 13.0 Å². The van der Waals surface area contributed by atoms with Gasteiger partial charge in [-0.2, -0.15) is 0 Å². The monoisotopic (exact) mass is 405 g/mol. The topological polar surface area (TPSA) is 59.8 Å². The summed E-state index contributed by atoms with van der Waals surface area (Å²) in [5.74, 6) is 1.14. The zero-order chi connectivity index (χ0) is 21.1. The predicted octanol–water partition coefficient (Wildman–Crippen LogP) is 4.27. The summed E-state index contributed by atoms with van der Waals surface area (Å²) >= 11 is 0. The number of rotatable bonds is 5. The highest BCUT2D eigenvalue weighted by molar-refractivity contribution is 5.82. The molecule has 2 heterocycles. The van der Waals surface area contributed by atoms with Crippen LogP contribution in [0.3, 0.4) is 0 Å². The van der Waals surface area contributed by atoms with Gasteiger partial charge in [0.25, 0.3) is 5.91 Å². The van der Waals surface area contributed by atoms with Crippen molar-refractivity contribution in [2.45, 2.75) is 33.1 Å². The van der Waals surface area contributed by atoms with Crippen molar-refractivity contribution in [1.82, 2.24) is 4.90 Å². The summed E-state index contributed by atoms with van der Waals surface area (Å²) in [5.41, 5.74) is 3.02. The average Bonchev–Trinajstić information content (AvgIpc) is 2.77. The molecule has 0 unspecified atom stereocenters. The molecule has 0 N–H and O–H groups in total. The summed E-state index contributed by atoms with van der Waals surface area (Å²) in [6.45, 7) is 5.19. The molecule has 1 aromatic heterocycles. The van der Waals surface area contributed by atoms with Crippen LogP contribution in [0, 0.1) is 19.8 Å². The van der Waals surface area contributed by atoms with Crippen molar-refractivity contribution >= 4 is 16.9 Å². The van der Waals surface area contributed by atoms with Crippen molar-refractivity contribution in [2.24, 2.45) is 5.92 Å². The molecular weight excluding hydrogens is 378 g/mol. The number of fused-ring (bicyclic) bond motifs is 1. The van der Waals surface area contributed by atoms with E-state index in [4.69, 9.17) is 9.15 Å². The molecule has 1 aliphatic heterocycles. The molecule has 0 spiro atoms. The minimum atomic E-state index is -0.341. The van der Waals surface area contributed by atoms with E-state index in [1.165, 1.54) is 5.56 Å². The summed E-state index contributed by atoms with van der Waals surface area (Å²) in [6, 6.07) is 15.9. The van der Waals surface area contributed by atoms with Gasteiger partial charge >= 0.3 is 5.63 Å². The van der Waals surface area contributed by atoms with Crippen LogP contribution in [-0.4, -0.2) is 30.5 Å². The molecule has 1 aliphatic rings. The Hall–Kier alpha value is -3.08. The summed E-state index contributed by atoms with van der Waals surface area (Å²) < 4.78 is 11.1. The molecule has 1 amide bonds. The van der Waals surface area contributed by atoms with Crippen molar-refractivity contribution in [3.8, 4) is 5.75 Å². The van der Waals surface area contributed by atoms with Gasteiger partial charge in [-0.3, -0.25) is 4.79 Å². The fourth-order valence-corrected chi connectivity index (χ4v) is 4.09. The SMILES string of the molecule is Cc1c(C)c2ccc(OCC(=O)N3CCC(Cc4ccccc4)CC3)cc2oc1=O. The normalized spacial score (nSPS) is 14.8. The number of aryl methyl sites for hydroxylation is 1. The first-order valence-corrected chi connectivity index (χ1v) is 10.5. The van der Waals surface area contributed by atoms with Gasteiger partial charge < -0.3 is 14.1 Å². The molecule has 1 fully saturated rings. The third-order valence-electron chi connectivity index (χ3n) is 6.13. The van der Waals surface area contributed by atoms with Crippen LogP contribution in [0.15, 0.2) is 57.7 Å². The third-order valence-corrected chi connectivity index (χ3v) is 6.13. The largest absolute Gasteiger partial charge is 0.484 e. The van der Waals surface area contributed by atoms with Crippen LogP contribution in [0.25, 0.3) is 11.0 Å². The van der Waals surface area contributed by atoms with E-state index in [-0.39, 0.29) is 18.1 Å². The number of carbonyl (C=O) groups is 1. The predicted molar refractivity (Wildman–Crippen MR) is 117 cm³/mol.